The highest BCUT2D eigenvalue weighted by Crippen LogP contribution is 2.19. The van der Waals surface area contributed by atoms with E-state index in [1.807, 2.05) is 62.4 Å². The molecule has 1 atom stereocenters. The van der Waals surface area contributed by atoms with Gasteiger partial charge >= 0.3 is 6.03 Å². The van der Waals surface area contributed by atoms with Gasteiger partial charge in [-0.05, 0) is 43.7 Å². The minimum atomic E-state index is -0.228. The lowest BCUT2D eigenvalue weighted by molar-refractivity contribution is 0.249. The maximum absolute atomic E-state index is 12.0. The van der Waals surface area contributed by atoms with Crippen molar-refractivity contribution in [3.8, 4) is 5.75 Å². The van der Waals surface area contributed by atoms with Crippen LogP contribution in [0.15, 0.2) is 48.5 Å². The van der Waals surface area contributed by atoms with E-state index < -0.39 is 0 Å². The molecule has 0 bridgehead atoms. The number of carbonyl (C=O) groups excluding carboxylic acids is 1. The van der Waals surface area contributed by atoms with Crippen molar-refractivity contribution in [2.24, 2.45) is 0 Å². The number of anilines is 1. The molecule has 2 aromatic rings. The summed E-state index contributed by atoms with van der Waals surface area (Å²) in [4.78, 5) is 12.0. The highest BCUT2D eigenvalue weighted by molar-refractivity contribution is 5.89. The van der Waals surface area contributed by atoms with E-state index in [4.69, 9.17) is 4.74 Å². The Kier molecular flexibility index (Phi) is 4.82. The minimum Gasteiger partial charge on any atom is -0.497 e. The first-order valence-electron chi connectivity index (χ1n) is 6.86. The van der Waals surface area contributed by atoms with Crippen molar-refractivity contribution in [3.05, 3.63) is 59.7 Å². The number of aryl methyl sites for hydroxylation is 1. The molecule has 21 heavy (non-hydrogen) atoms. The van der Waals surface area contributed by atoms with Crippen LogP contribution in [0.25, 0.3) is 0 Å². The third kappa shape index (κ3) is 4.24. The van der Waals surface area contributed by atoms with Crippen molar-refractivity contribution in [2.75, 3.05) is 12.4 Å². The normalized spacial score (nSPS) is 11.6. The number of nitrogens with one attached hydrogen (secondary N) is 2. The summed E-state index contributed by atoms with van der Waals surface area (Å²) in [7, 11) is 1.63. The summed E-state index contributed by atoms with van der Waals surface area (Å²) in [6.07, 6.45) is 0. The van der Waals surface area contributed by atoms with Gasteiger partial charge < -0.3 is 15.4 Å². The molecule has 110 valence electrons. The maximum atomic E-state index is 12.0. The number of hydrogen-bond donors (Lipinski definition) is 2. The van der Waals surface area contributed by atoms with Gasteiger partial charge in [-0.25, -0.2) is 4.79 Å². The summed E-state index contributed by atoms with van der Waals surface area (Å²) < 4.78 is 5.19. The van der Waals surface area contributed by atoms with Crippen molar-refractivity contribution in [1.29, 1.82) is 0 Å². The molecule has 0 aliphatic rings. The first kappa shape index (κ1) is 14.9. The fourth-order valence-electron chi connectivity index (χ4n) is 1.99. The van der Waals surface area contributed by atoms with Crippen LogP contribution < -0.4 is 15.4 Å². The van der Waals surface area contributed by atoms with E-state index in [1.165, 1.54) is 0 Å². The minimum absolute atomic E-state index is 0.106. The number of amides is 2. The number of ether oxygens (including phenoxy) is 1. The molecule has 0 aromatic heterocycles. The van der Waals surface area contributed by atoms with E-state index in [-0.39, 0.29) is 12.1 Å². The Balaban J connectivity index is 1.96. The Morgan fingerprint density at radius 3 is 2.52 bits per heavy atom. The van der Waals surface area contributed by atoms with Gasteiger partial charge in [-0.3, -0.25) is 0 Å². The Hall–Kier alpha value is -2.49. The van der Waals surface area contributed by atoms with Gasteiger partial charge in [-0.15, -0.1) is 0 Å². The Bertz CT molecular complexity index is 608. The molecule has 0 saturated carbocycles. The third-order valence-electron chi connectivity index (χ3n) is 3.25. The fraction of sp³-hybridized carbons (Fsp3) is 0.235. The number of urea groups is 1. The van der Waals surface area contributed by atoms with Gasteiger partial charge in [0, 0.05) is 5.69 Å². The van der Waals surface area contributed by atoms with Gasteiger partial charge in [0.25, 0.3) is 0 Å². The topological polar surface area (TPSA) is 50.4 Å². The van der Waals surface area contributed by atoms with Gasteiger partial charge in [0.1, 0.15) is 5.75 Å². The van der Waals surface area contributed by atoms with Gasteiger partial charge in [0.05, 0.1) is 13.2 Å². The van der Waals surface area contributed by atoms with E-state index >= 15 is 0 Å². The summed E-state index contributed by atoms with van der Waals surface area (Å²) in [6.45, 7) is 3.94. The molecule has 0 saturated heterocycles. The smallest absolute Gasteiger partial charge is 0.319 e. The number of methoxy groups -OCH3 is 1. The summed E-state index contributed by atoms with van der Waals surface area (Å²) >= 11 is 0. The lowest BCUT2D eigenvalue weighted by atomic mass is 10.1. The molecule has 2 N–H and O–H groups in total. The molecule has 0 fully saturated rings. The van der Waals surface area contributed by atoms with Crippen LogP contribution in [0.1, 0.15) is 24.1 Å². The summed E-state index contributed by atoms with van der Waals surface area (Å²) in [5, 5.41) is 5.72. The van der Waals surface area contributed by atoms with E-state index in [1.54, 1.807) is 7.11 Å². The van der Waals surface area contributed by atoms with E-state index in [2.05, 4.69) is 10.6 Å². The Morgan fingerprint density at radius 1 is 1.14 bits per heavy atom. The molecule has 0 heterocycles. The molecule has 0 radical (unpaired) electrons. The predicted molar refractivity (Wildman–Crippen MR) is 84.7 cm³/mol. The third-order valence-corrected chi connectivity index (χ3v) is 3.25. The van der Waals surface area contributed by atoms with E-state index in [0.717, 1.165) is 22.6 Å². The van der Waals surface area contributed by atoms with Crippen molar-refractivity contribution in [2.45, 2.75) is 19.9 Å². The second-order valence-electron chi connectivity index (χ2n) is 4.96. The highest BCUT2D eigenvalue weighted by Gasteiger charge is 2.10. The highest BCUT2D eigenvalue weighted by atomic mass is 16.5. The Labute approximate surface area is 125 Å². The van der Waals surface area contributed by atoms with Gasteiger partial charge in [-0.2, -0.15) is 0 Å². The molecule has 0 unspecified atom stereocenters. The van der Waals surface area contributed by atoms with Gasteiger partial charge in [0.2, 0.25) is 0 Å². The van der Waals surface area contributed by atoms with Gasteiger partial charge in [-0.1, -0.05) is 29.8 Å². The molecular weight excluding hydrogens is 264 g/mol. The maximum Gasteiger partial charge on any atom is 0.319 e. The first-order valence-corrected chi connectivity index (χ1v) is 6.86. The van der Waals surface area contributed by atoms with Crippen LogP contribution in [0.2, 0.25) is 0 Å². The average molecular weight is 284 g/mol. The fourth-order valence-corrected chi connectivity index (χ4v) is 1.99. The van der Waals surface area contributed by atoms with Crippen molar-refractivity contribution < 1.29 is 9.53 Å². The van der Waals surface area contributed by atoms with Crippen LogP contribution in [0, 0.1) is 6.92 Å². The molecule has 0 spiro atoms. The zero-order chi connectivity index (χ0) is 15.2. The lowest BCUT2D eigenvalue weighted by Gasteiger charge is -2.16. The number of carbonyl (C=O) groups is 1. The van der Waals surface area contributed by atoms with Crippen LogP contribution in [0.3, 0.4) is 0 Å². The molecule has 2 rings (SSSR count). The summed E-state index contributed by atoms with van der Waals surface area (Å²) in [5.74, 6) is 0.778. The van der Waals surface area contributed by atoms with E-state index in [0.29, 0.717) is 0 Å². The zero-order valence-electron chi connectivity index (χ0n) is 12.5. The van der Waals surface area contributed by atoms with Gasteiger partial charge in [0.15, 0.2) is 0 Å². The van der Waals surface area contributed by atoms with Crippen LogP contribution >= 0.6 is 0 Å². The second-order valence-corrected chi connectivity index (χ2v) is 4.96. The molecule has 4 heteroatoms. The van der Waals surface area contributed by atoms with Crippen molar-refractivity contribution in [1.82, 2.24) is 5.32 Å². The molecule has 0 aliphatic heterocycles. The van der Waals surface area contributed by atoms with Crippen molar-refractivity contribution in [3.63, 3.8) is 0 Å². The van der Waals surface area contributed by atoms with Crippen LogP contribution in [0.5, 0.6) is 5.75 Å². The van der Waals surface area contributed by atoms with Crippen molar-refractivity contribution >= 4 is 11.7 Å². The SMILES string of the molecule is COc1cccc([C@H](C)NC(=O)Nc2ccc(C)cc2)c1. The standard InChI is InChI=1S/C17H20N2O2/c1-12-7-9-15(10-8-12)19-17(20)18-13(2)14-5-4-6-16(11-14)21-3/h4-11,13H,1-3H3,(H2,18,19,20)/t13-/m0/s1. The first-order chi connectivity index (χ1) is 10.1. The zero-order valence-corrected chi connectivity index (χ0v) is 12.5. The van der Waals surface area contributed by atoms with Crippen LogP contribution in [-0.2, 0) is 0 Å². The van der Waals surface area contributed by atoms with Crippen LogP contribution in [0.4, 0.5) is 10.5 Å². The molecule has 2 aromatic carbocycles. The second kappa shape index (κ2) is 6.79. The van der Waals surface area contributed by atoms with E-state index in [9.17, 15) is 4.79 Å². The molecule has 2 amide bonds. The summed E-state index contributed by atoms with van der Waals surface area (Å²) in [6, 6.07) is 15.0. The largest absolute Gasteiger partial charge is 0.497 e. The lowest BCUT2D eigenvalue weighted by Crippen LogP contribution is -2.31. The summed E-state index contributed by atoms with van der Waals surface area (Å²) in [5.41, 5.74) is 2.93. The Morgan fingerprint density at radius 2 is 1.86 bits per heavy atom. The predicted octanol–water partition coefficient (Wildman–Crippen LogP) is 3.89. The number of hydrogen-bond acceptors (Lipinski definition) is 2. The molecular formula is C17H20N2O2. The number of rotatable bonds is 4. The van der Waals surface area contributed by atoms with Crippen LogP contribution in [-0.4, -0.2) is 13.1 Å². The monoisotopic (exact) mass is 284 g/mol. The number of benzene rings is 2. The molecule has 0 aliphatic carbocycles. The quantitative estimate of drug-likeness (QED) is 0.895. The molecule has 4 nitrogen and oxygen atoms in total. The average Bonchev–Trinajstić information content (AvgIpc) is 2.49.